The fourth-order valence-corrected chi connectivity index (χ4v) is 2.83. The summed E-state index contributed by atoms with van der Waals surface area (Å²) in [5, 5.41) is 4.23. The molecule has 1 saturated heterocycles. The molecule has 0 aromatic heterocycles. The van der Waals surface area contributed by atoms with Crippen LogP contribution in [0.3, 0.4) is 0 Å². The van der Waals surface area contributed by atoms with Gasteiger partial charge in [0, 0.05) is 43.5 Å². The molecule has 4 heteroatoms. The zero-order valence-electron chi connectivity index (χ0n) is 13.4. The van der Waals surface area contributed by atoms with Crippen LogP contribution in [0, 0.1) is 0 Å². The van der Waals surface area contributed by atoms with E-state index < -0.39 is 0 Å². The molecular formula is C17H27ClN2O. The lowest BCUT2D eigenvalue weighted by Crippen LogP contribution is -2.33. The minimum atomic E-state index is 0.352. The Morgan fingerprint density at radius 2 is 2.19 bits per heavy atom. The van der Waals surface area contributed by atoms with Crippen molar-refractivity contribution >= 4 is 17.3 Å². The van der Waals surface area contributed by atoms with Crippen molar-refractivity contribution in [1.29, 1.82) is 0 Å². The number of rotatable bonds is 6. The van der Waals surface area contributed by atoms with Crippen molar-refractivity contribution in [3.63, 3.8) is 0 Å². The molecule has 3 nitrogen and oxygen atoms in total. The molecule has 1 fully saturated rings. The molecule has 118 valence electrons. The van der Waals surface area contributed by atoms with Gasteiger partial charge in [-0.25, -0.2) is 0 Å². The van der Waals surface area contributed by atoms with Gasteiger partial charge < -0.3 is 15.0 Å². The van der Waals surface area contributed by atoms with Gasteiger partial charge in [0.15, 0.2) is 0 Å². The molecule has 0 aliphatic carbocycles. The van der Waals surface area contributed by atoms with Crippen molar-refractivity contribution in [2.45, 2.75) is 51.8 Å². The van der Waals surface area contributed by atoms with E-state index in [2.05, 4.69) is 49.3 Å². The maximum Gasteiger partial charge on any atom is 0.0749 e. The zero-order valence-corrected chi connectivity index (χ0v) is 14.1. The zero-order chi connectivity index (χ0) is 15.2. The van der Waals surface area contributed by atoms with E-state index in [-0.39, 0.29) is 0 Å². The molecule has 21 heavy (non-hydrogen) atoms. The molecule has 1 aromatic rings. The van der Waals surface area contributed by atoms with Crippen LogP contribution in [-0.2, 0) is 11.3 Å². The van der Waals surface area contributed by atoms with E-state index in [0.29, 0.717) is 12.1 Å². The predicted octanol–water partition coefficient (Wildman–Crippen LogP) is 3.84. The van der Waals surface area contributed by atoms with Crippen LogP contribution in [0.1, 0.15) is 38.7 Å². The first-order chi connectivity index (χ1) is 10.1. The summed E-state index contributed by atoms with van der Waals surface area (Å²) in [7, 11) is 2.11. The lowest BCUT2D eigenvalue weighted by atomic mass is 10.1. The lowest BCUT2D eigenvalue weighted by molar-refractivity contribution is 0.0216. The van der Waals surface area contributed by atoms with Crippen LogP contribution >= 0.6 is 11.6 Å². The van der Waals surface area contributed by atoms with Crippen LogP contribution in [0.15, 0.2) is 18.2 Å². The van der Waals surface area contributed by atoms with Gasteiger partial charge in [-0.3, -0.25) is 0 Å². The number of nitrogens with zero attached hydrogens (tertiary/aromatic N) is 1. The quantitative estimate of drug-likeness (QED) is 0.864. The van der Waals surface area contributed by atoms with Gasteiger partial charge in [0.25, 0.3) is 0 Å². The van der Waals surface area contributed by atoms with Crippen LogP contribution < -0.4 is 10.2 Å². The van der Waals surface area contributed by atoms with Gasteiger partial charge in [0.05, 0.1) is 6.10 Å². The monoisotopic (exact) mass is 310 g/mol. The fraction of sp³-hybridized carbons (Fsp3) is 0.647. The van der Waals surface area contributed by atoms with E-state index in [1.165, 1.54) is 12.8 Å². The Morgan fingerprint density at radius 1 is 1.38 bits per heavy atom. The Labute approximate surface area is 133 Å². The summed E-state index contributed by atoms with van der Waals surface area (Å²) < 4.78 is 5.80. The van der Waals surface area contributed by atoms with Crippen molar-refractivity contribution in [1.82, 2.24) is 5.32 Å². The smallest absolute Gasteiger partial charge is 0.0749 e. The number of anilines is 1. The third-order valence-corrected chi connectivity index (χ3v) is 4.28. The molecule has 0 radical (unpaired) electrons. The highest BCUT2D eigenvalue weighted by Crippen LogP contribution is 2.24. The Bertz CT molecular complexity index is 444. The van der Waals surface area contributed by atoms with Crippen molar-refractivity contribution < 1.29 is 4.74 Å². The summed E-state index contributed by atoms with van der Waals surface area (Å²) in [6.45, 7) is 6.92. The number of halogens is 1. The van der Waals surface area contributed by atoms with Crippen molar-refractivity contribution in [2.75, 3.05) is 25.1 Å². The molecule has 1 aliphatic heterocycles. The summed E-state index contributed by atoms with van der Waals surface area (Å²) in [5.74, 6) is 0. The number of ether oxygens (including phenoxy) is 1. The second-order valence-electron chi connectivity index (χ2n) is 6.18. The van der Waals surface area contributed by atoms with Crippen LogP contribution in [0.2, 0.25) is 5.02 Å². The van der Waals surface area contributed by atoms with Crippen LogP contribution in [0.25, 0.3) is 0 Å². The molecule has 0 bridgehead atoms. The molecule has 1 N–H and O–H groups in total. The fourth-order valence-electron chi connectivity index (χ4n) is 2.59. The second kappa shape index (κ2) is 8.02. The van der Waals surface area contributed by atoms with E-state index in [1.807, 2.05) is 0 Å². The Morgan fingerprint density at radius 3 is 2.81 bits per heavy atom. The number of hydrogen-bond donors (Lipinski definition) is 1. The molecular weight excluding hydrogens is 284 g/mol. The first-order valence-corrected chi connectivity index (χ1v) is 8.28. The molecule has 1 atom stereocenters. The summed E-state index contributed by atoms with van der Waals surface area (Å²) in [4.78, 5) is 2.24. The average Bonchev–Trinajstić information content (AvgIpc) is 2.46. The van der Waals surface area contributed by atoms with Gasteiger partial charge in [-0.1, -0.05) is 31.5 Å². The highest BCUT2D eigenvalue weighted by atomic mass is 35.5. The summed E-state index contributed by atoms with van der Waals surface area (Å²) in [6, 6.07) is 6.78. The molecule has 1 heterocycles. The highest BCUT2D eigenvalue weighted by Gasteiger charge is 2.16. The molecule has 0 spiro atoms. The number of hydrogen-bond acceptors (Lipinski definition) is 3. The Balaban J connectivity index is 1.94. The first-order valence-electron chi connectivity index (χ1n) is 7.91. The normalized spacial score (nSPS) is 19.0. The van der Waals surface area contributed by atoms with Crippen LogP contribution in [-0.4, -0.2) is 32.3 Å². The largest absolute Gasteiger partial charge is 0.376 e. The second-order valence-corrected chi connectivity index (χ2v) is 6.59. The van der Waals surface area contributed by atoms with Gasteiger partial charge in [-0.05, 0) is 37.0 Å². The average molecular weight is 311 g/mol. The maximum atomic E-state index is 6.40. The molecule has 1 unspecified atom stereocenters. The van der Waals surface area contributed by atoms with Gasteiger partial charge in [-0.2, -0.15) is 0 Å². The van der Waals surface area contributed by atoms with E-state index in [0.717, 1.165) is 42.4 Å². The highest BCUT2D eigenvalue weighted by molar-refractivity contribution is 6.31. The first kappa shape index (κ1) is 16.6. The van der Waals surface area contributed by atoms with Crippen LogP contribution in [0.4, 0.5) is 5.69 Å². The Kier molecular flexibility index (Phi) is 6.34. The SMILES string of the molecule is CC(C)NCc1ccc(N(C)CC2CCCCO2)cc1Cl. The number of benzene rings is 1. The Hall–Kier alpha value is -0.770. The predicted molar refractivity (Wildman–Crippen MR) is 90.3 cm³/mol. The third kappa shape index (κ3) is 5.17. The molecule has 2 rings (SSSR count). The van der Waals surface area contributed by atoms with Gasteiger partial charge in [0.1, 0.15) is 0 Å². The lowest BCUT2D eigenvalue weighted by Gasteiger charge is -2.29. The van der Waals surface area contributed by atoms with Gasteiger partial charge >= 0.3 is 0 Å². The van der Waals surface area contributed by atoms with E-state index in [1.54, 1.807) is 0 Å². The van der Waals surface area contributed by atoms with E-state index in [4.69, 9.17) is 16.3 Å². The molecule has 0 saturated carbocycles. The third-order valence-electron chi connectivity index (χ3n) is 3.93. The maximum absolute atomic E-state index is 6.40. The summed E-state index contributed by atoms with van der Waals surface area (Å²) >= 11 is 6.40. The van der Waals surface area contributed by atoms with Gasteiger partial charge in [-0.15, -0.1) is 0 Å². The van der Waals surface area contributed by atoms with Crippen molar-refractivity contribution in [3.05, 3.63) is 28.8 Å². The van der Waals surface area contributed by atoms with Crippen LogP contribution in [0.5, 0.6) is 0 Å². The van der Waals surface area contributed by atoms with Crippen molar-refractivity contribution in [2.24, 2.45) is 0 Å². The molecule has 1 aromatic carbocycles. The standard InChI is InChI=1S/C17H27ClN2O/c1-13(2)19-11-14-7-8-15(10-17(14)18)20(3)12-16-6-4-5-9-21-16/h7-8,10,13,16,19H,4-6,9,11-12H2,1-3H3. The molecule has 0 amide bonds. The summed E-state index contributed by atoms with van der Waals surface area (Å²) in [5.41, 5.74) is 2.30. The number of nitrogens with one attached hydrogen (secondary N) is 1. The van der Waals surface area contributed by atoms with Crippen molar-refractivity contribution in [3.8, 4) is 0 Å². The van der Waals surface area contributed by atoms with Gasteiger partial charge in [0.2, 0.25) is 0 Å². The van der Waals surface area contributed by atoms with E-state index in [9.17, 15) is 0 Å². The minimum absolute atomic E-state index is 0.352. The topological polar surface area (TPSA) is 24.5 Å². The van der Waals surface area contributed by atoms with E-state index >= 15 is 0 Å². The summed E-state index contributed by atoms with van der Waals surface area (Å²) in [6.07, 6.45) is 3.99. The minimum Gasteiger partial charge on any atom is -0.376 e. The number of likely N-dealkylation sites (N-methyl/N-ethyl adjacent to an activating group) is 1. The molecule has 1 aliphatic rings.